The van der Waals surface area contributed by atoms with Gasteiger partial charge in [0.2, 0.25) is 0 Å². The summed E-state index contributed by atoms with van der Waals surface area (Å²) < 4.78 is 0. The smallest absolute Gasteiger partial charge is 0.0412 e. The van der Waals surface area contributed by atoms with E-state index in [1.807, 2.05) is 18.2 Å². The van der Waals surface area contributed by atoms with Gasteiger partial charge in [0.1, 0.15) is 0 Å². The van der Waals surface area contributed by atoms with Crippen LogP contribution in [0.5, 0.6) is 0 Å². The maximum atomic E-state index is 6.29. The van der Waals surface area contributed by atoms with Gasteiger partial charge in [0.05, 0.1) is 0 Å². The molecule has 0 saturated carbocycles. The van der Waals surface area contributed by atoms with Crippen molar-refractivity contribution in [3.63, 3.8) is 0 Å². The molecule has 0 amide bonds. The fraction of sp³-hybridized carbons (Fsp3) is 0. The molecule has 1 heteroatoms. The Morgan fingerprint density at radius 3 is 1.69 bits per heavy atom. The van der Waals surface area contributed by atoms with Gasteiger partial charge in [-0.1, -0.05) is 103 Å². The van der Waals surface area contributed by atoms with E-state index in [2.05, 4.69) is 84.9 Å². The van der Waals surface area contributed by atoms with Gasteiger partial charge >= 0.3 is 0 Å². The monoisotopic (exact) mass is 388 g/mol. The van der Waals surface area contributed by atoms with Crippen molar-refractivity contribution in [1.82, 2.24) is 0 Å². The molecular weight excluding hydrogens is 372 g/mol. The van der Waals surface area contributed by atoms with Gasteiger partial charge < -0.3 is 0 Å². The van der Waals surface area contributed by atoms with Crippen LogP contribution in [-0.2, 0) is 0 Å². The highest BCUT2D eigenvalue weighted by atomic mass is 35.5. The zero-order chi connectivity index (χ0) is 19.4. The molecule has 5 aromatic rings. The second kappa shape index (κ2) is 6.34. The van der Waals surface area contributed by atoms with Gasteiger partial charge in [-0.05, 0) is 67.4 Å². The molecule has 29 heavy (non-hydrogen) atoms. The first kappa shape index (κ1) is 16.6. The first-order chi connectivity index (χ1) is 14.3. The van der Waals surface area contributed by atoms with Crippen LogP contribution in [0.4, 0.5) is 0 Å². The third kappa shape index (κ3) is 2.46. The molecule has 0 unspecified atom stereocenters. The van der Waals surface area contributed by atoms with Crippen LogP contribution in [0.3, 0.4) is 0 Å². The van der Waals surface area contributed by atoms with E-state index in [9.17, 15) is 0 Å². The van der Waals surface area contributed by atoms with Gasteiger partial charge in [-0.15, -0.1) is 0 Å². The normalized spacial score (nSPS) is 11.6. The molecule has 0 aliphatic heterocycles. The highest BCUT2D eigenvalue weighted by molar-refractivity contribution is 6.31. The van der Waals surface area contributed by atoms with E-state index in [4.69, 9.17) is 11.6 Å². The molecule has 6 rings (SSSR count). The zero-order valence-corrected chi connectivity index (χ0v) is 16.4. The van der Waals surface area contributed by atoms with Crippen LogP contribution < -0.4 is 0 Å². The van der Waals surface area contributed by atoms with Gasteiger partial charge in [-0.25, -0.2) is 0 Å². The maximum absolute atomic E-state index is 6.29. The quantitative estimate of drug-likeness (QED) is 0.279. The molecule has 0 N–H and O–H groups in total. The number of benzene rings is 5. The fourth-order valence-electron chi connectivity index (χ4n) is 4.67. The SMILES string of the molecule is Clc1cccc(-c2ccccc2-c2ccc3c4c(cccc24)-c2ccccc2-3)c1. The van der Waals surface area contributed by atoms with Crippen LogP contribution in [0.25, 0.3) is 55.3 Å². The van der Waals surface area contributed by atoms with Crippen molar-refractivity contribution in [2.24, 2.45) is 0 Å². The molecule has 1 aliphatic rings. The van der Waals surface area contributed by atoms with Crippen LogP contribution in [-0.4, -0.2) is 0 Å². The lowest BCUT2D eigenvalue weighted by molar-refractivity contribution is 1.60. The summed E-state index contributed by atoms with van der Waals surface area (Å²) in [5.74, 6) is 0. The van der Waals surface area contributed by atoms with E-state index in [0.29, 0.717) is 0 Å². The van der Waals surface area contributed by atoms with Gasteiger partial charge in [0.25, 0.3) is 0 Å². The molecule has 0 nitrogen and oxygen atoms in total. The van der Waals surface area contributed by atoms with E-state index >= 15 is 0 Å². The third-order valence-electron chi connectivity index (χ3n) is 5.90. The number of rotatable bonds is 2. The summed E-state index contributed by atoms with van der Waals surface area (Å²) in [6.45, 7) is 0. The van der Waals surface area contributed by atoms with Crippen LogP contribution in [0.2, 0.25) is 5.02 Å². The van der Waals surface area contributed by atoms with Gasteiger partial charge in [0, 0.05) is 5.02 Å². The van der Waals surface area contributed by atoms with Crippen molar-refractivity contribution in [3.8, 4) is 44.5 Å². The Hall–Kier alpha value is -3.35. The lowest BCUT2D eigenvalue weighted by atomic mass is 9.90. The van der Waals surface area contributed by atoms with Crippen LogP contribution in [0, 0.1) is 0 Å². The molecule has 0 saturated heterocycles. The standard InChI is InChI=1S/C28H17Cl/c29-19-8-5-7-18(17-19)20-9-1-2-10-21(20)24-15-16-27-23-12-4-3-11-22(23)25-13-6-14-26(24)28(25)27/h1-17H. The Kier molecular flexibility index (Phi) is 3.62. The highest BCUT2D eigenvalue weighted by Crippen LogP contribution is 2.49. The average Bonchev–Trinajstić information content (AvgIpc) is 3.10. The van der Waals surface area contributed by atoms with E-state index in [0.717, 1.165) is 10.6 Å². The molecule has 0 spiro atoms. The third-order valence-corrected chi connectivity index (χ3v) is 6.14. The van der Waals surface area contributed by atoms with Crippen molar-refractivity contribution in [1.29, 1.82) is 0 Å². The largest absolute Gasteiger partial charge is 0.0843 e. The molecule has 1 aliphatic carbocycles. The van der Waals surface area contributed by atoms with Crippen LogP contribution in [0.1, 0.15) is 0 Å². The predicted octanol–water partition coefficient (Wildman–Crippen LogP) is 8.47. The Morgan fingerprint density at radius 1 is 0.414 bits per heavy atom. The summed E-state index contributed by atoms with van der Waals surface area (Å²) in [6.07, 6.45) is 0. The number of halogens is 1. The Morgan fingerprint density at radius 2 is 0.966 bits per heavy atom. The average molecular weight is 389 g/mol. The molecule has 0 aromatic heterocycles. The summed E-state index contributed by atoms with van der Waals surface area (Å²) in [6, 6.07) is 36.6. The summed E-state index contributed by atoms with van der Waals surface area (Å²) in [5, 5.41) is 3.41. The Bertz CT molecular complexity index is 1380. The summed E-state index contributed by atoms with van der Waals surface area (Å²) in [7, 11) is 0. The number of hydrogen-bond acceptors (Lipinski definition) is 0. The van der Waals surface area contributed by atoms with E-state index in [-0.39, 0.29) is 0 Å². The van der Waals surface area contributed by atoms with Crippen LogP contribution >= 0.6 is 11.6 Å². The van der Waals surface area contributed by atoms with Crippen molar-refractivity contribution in [2.45, 2.75) is 0 Å². The molecule has 0 radical (unpaired) electrons. The first-order valence-corrected chi connectivity index (χ1v) is 10.2. The summed E-state index contributed by atoms with van der Waals surface area (Å²) in [5.41, 5.74) is 10.1. The van der Waals surface area contributed by atoms with Gasteiger partial charge in [-0.2, -0.15) is 0 Å². The fourth-order valence-corrected chi connectivity index (χ4v) is 4.86. The highest BCUT2D eigenvalue weighted by Gasteiger charge is 2.22. The second-order valence-electron chi connectivity index (χ2n) is 7.49. The maximum Gasteiger partial charge on any atom is 0.0412 e. The molecule has 0 heterocycles. The molecule has 0 atom stereocenters. The van der Waals surface area contributed by atoms with E-state index in [1.165, 1.54) is 49.7 Å². The second-order valence-corrected chi connectivity index (χ2v) is 7.93. The number of hydrogen-bond donors (Lipinski definition) is 0. The topological polar surface area (TPSA) is 0 Å². The first-order valence-electron chi connectivity index (χ1n) is 9.82. The van der Waals surface area contributed by atoms with Crippen molar-refractivity contribution in [3.05, 3.63) is 108 Å². The summed E-state index contributed by atoms with van der Waals surface area (Å²) in [4.78, 5) is 0. The van der Waals surface area contributed by atoms with Crippen molar-refractivity contribution < 1.29 is 0 Å². The summed E-state index contributed by atoms with van der Waals surface area (Å²) >= 11 is 6.29. The molecular formula is C28H17Cl. The minimum absolute atomic E-state index is 0.758. The van der Waals surface area contributed by atoms with Gasteiger partial charge in [-0.3, -0.25) is 0 Å². The Labute approximate surface area is 175 Å². The molecule has 0 fully saturated rings. The van der Waals surface area contributed by atoms with Crippen LogP contribution in [0.15, 0.2) is 103 Å². The predicted molar refractivity (Wildman–Crippen MR) is 124 cm³/mol. The number of fused-ring (bicyclic) bond motifs is 3. The molecule has 136 valence electrons. The van der Waals surface area contributed by atoms with Crippen molar-refractivity contribution >= 4 is 22.4 Å². The van der Waals surface area contributed by atoms with Gasteiger partial charge in [0.15, 0.2) is 0 Å². The van der Waals surface area contributed by atoms with E-state index in [1.54, 1.807) is 0 Å². The zero-order valence-electron chi connectivity index (χ0n) is 15.7. The lowest BCUT2D eigenvalue weighted by Crippen LogP contribution is -1.88. The lowest BCUT2D eigenvalue weighted by Gasteiger charge is -2.14. The van der Waals surface area contributed by atoms with E-state index < -0.39 is 0 Å². The Balaban J connectivity index is 1.66. The minimum atomic E-state index is 0.758. The van der Waals surface area contributed by atoms with Crippen molar-refractivity contribution in [2.75, 3.05) is 0 Å². The molecule has 0 bridgehead atoms. The minimum Gasteiger partial charge on any atom is -0.0843 e. The molecule has 5 aromatic carbocycles.